The minimum Gasteiger partial charge on any atom is -0.480 e. The van der Waals surface area contributed by atoms with Crippen LogP contribution in [0.3, 0.4) is 0 Å². The van der Waals surface area contributed by atoms with Crippen LogP contribution in [0.1, 0.15) is 49.3 Å². The summed E-state index contributed by atoms with van der Waals surface area (Å²) in [7, 11) is 0. The summed E-state index contributed by atoms with van der Waals surface area (Å²) < 4.78 is 0. The highest BCUT2D eigenvalue weighted by molar-refractivity contribution is 5.78. The molecule has 0 aliphatic heterocycles. The average Bonchev–Trinajstić information content (AvgIpc) is 2.26. The standard InChI is InChI=1S/C15H23NO2/c1-5-12(9-15(4,16)14(17)18)13-10(2)7-6-8-11(13)3/h6-8,12H,5,9,16H2,1-4H3,(H,17,18). The van der Waals surface area contributed by atoms with Gasteiger partial charge in [-0.3, -0.25) is 4.79 Å². The van der Waals surface area contributed by atoms with E-state index in [1.807, 2.05) is 6.07 Å². The van der Waals surface area contributed by atoms with Crippen molar-refractivity contribution in [3.8, 4) is 0 Å². The number of nitrogens with two attached hydrogens (primary N) is 1. The number of aryl methyl sites for hydroxylation is 2. The lowest BCUT2D eigenvalue weighted by Crippen LogP contribution is -2.46. The van der Waals surface area contributed by atoms with Crippen molar-refractivity contribution in [3.05, 3.63) is 34.9 Å². The van der Waals surface area contributed by atoms with E-state index >= 15 is 0 Å². The Hall–Kier alpha value is -1.35. The molecule has 1 rings (SSSR count). The molecule has 0 heterocycles. The molecule has 2 unspecified atom stereocenters. The van der Waals surface area contributed by atoms with Gasteiger partial charge < -0.3 is 10.8 Å². The van der Waals surface area contributed by atoms with Gasteiger partial charge in [0.25, 0.3) is 0 Å². The Bertz CT molecular complexity index is 418. The first kappa shape index (κ1) is 14.7. The van der Waals surface area contributed by atoms with Crippen molar-refractivity contribution < 1.29 is 9.90 Å². The van der Waals surface area contributed by atoms with Crippen LogP contribution in [-0.2, 0) is 4.79 Å². The summed E-state index contributed by atoms with van der Waals surface area (Å²) in [6.45, 7) is 7.80. The molecular formula is C15H23NO2. The third-order valence-corrected chi connectivity index (χ3v) is 3.60. The van der Waals surface area contributed by atoms with Gasteiger partial charge in [-0.05, 0) is 56.2 Å². The van der Waals surface area contributed by atoms with Crippen molar-refractivity contribution in [2.75, 3.05) is 0 Å². The Morgan fingerprint density at radius 2 is 1.89 bits per heavy atom. The summed E-state index contributed by atoms with van der Waals surface area (Å²) in [6, 6.07) is 6.17. The fourth-order valence-corrected chi connectivity index (χ4v) is 2.52. The molecule has 0 aliphatic carbocycles. The molecule has 0 saturated heterocycles. The maximum Gasteiger partial charge on any atom is 0.323 e. The van der Waals surface area contributed by atoms with Crippen LogP contribution in [0.4, 0.5) is 0 Å². The van der Waals surface area contributed by atoms with Crippen LogP contribution in [0.25, 0.3) is 0 Å². The zero-order valence-electron chi connectivity index (χ0n) is 11.7. The van der Waals surface area contributed by atoms with Gasteiger partial charge in [0.1, 0.15) is 5.54 Å². The van der Waals surface area contributed by atoms with Gasteiger partial charge in [-0.1, -0.05) is 25.1 Å². The molecule has 3 N–H and O–H groups in total. The monoisotopic (exact) mass is 249 g/mol. The number of benzene rings is 1. The van der Waals surface area contributed by atoms with Gasteiger partial charge in [-0.15, -0.1) is 0 Å². The van der Waals surface area contributed by atoms with Crippen LogP contribution in [0.15, 0.2) is 18.2 Å². The van der Waals surface area contributed by atoms with Gasteiger partial charge in [0.15, 0.2) is 0 Å². The SMILES string of the molecule is CCC(CC(C)(N)C(=O)O)c1c(C)cccc1C. The molecule has 18 heavy (non-hydrogen) atoms. The Morgan fingerprint density at radius 1 is 1.39 bits per heavy atom. The number of rotatable bonds is 5. The van der Waals surface area contributed by atoms with Gasteiger partial charge >= 0.3 is 5.97 Å². The zero-order chi connectivity index (χ0) is 13.9. The second-order valence-corrected chi connectivity index (χ2v) is 5.34. The minimum atomic E-state index is -1.17. The lowest BCUT2D eigenvalue weighted by molar-refractivity contribution is -0.143. The van der Waals surface area contributed by atoms with E-state index in [1.54, 1.807) is 6.92 Å². The average molecular weight is 249 g/mol. The van der Waals surface area contributed by atoms with E-state index < -0.39 is 11.5 Å². The number of carboxylic acids is 1. The molecule has 2 atom stereocenters. The van der Waals surface area contributed by atoms with Gasteiger partial charge in [-0.2, -0.15) is 0 Å². The van der Waals surface area contributed by atoms with Crippen LogP contribution in [0.2, 0.25) is 0 Å². The fraction of sp³-hybridized carbons (Fsp3) is 0.533. The highest BCUT2D eigenvalue weighted by Crippen LogP contribution is 2.32. The molecule has 3 heteroatoms. The lowest BCUT2D eigenvalue weighted by atomic mass is 9.80. The molecule has 1 aromatic rings. The topological polar surface area (TPSA) is 63.3 Å². The third kappa shape index (κ3) is 3.10. The highest BCUT2D eigenvalue weighted by atomic mass is 16.4. The van der Waals surface area contributed by atoms with Crippen LogP contribution in [0.5, 0.6) is 0 Å². The minimum absolute atomic E-state index is 0.192. The normalized spacial score (nSPS) is 16.1. The zero-order valence-corrected chi connectivity index (χ0v) is 11.7. The summed E-state index contributed by atoms with van der Waals surface area (Å²) >= 11 is 0. The number of carbonyl (C=O) groups is 1. The summed E-state index contributed by atoms with van der Waals surface area (Å²) in [5.74, 6) is -0.746. The second kappa shape index (κ2) is 5.53. The van der Waals surface area contributed by atoms with Gasteiger partial charge in [0, 0.05) is 0 Å². The Kier molecular flexibility index (Phi) is 4.52. The molecule has 0 saturated carbocycles. The number of carboxylic acid groups (broad SMARTS) is 1. The first-order chi connectivity index (χ1) is 8.29. The lowest BCUT2D eigenvalue weighted by Gasteiger charge is -2.27. The van der Waals surface area contributed by atoms with Crippen LogP contribution in [-0.4, -0.2) is 16.6 Å². The first-order valence-corrected chi connectivity index (χ1v) is 6.38. The second-order valence-electron chi connectivity index (χ2n) is 5.34. The molecule has 0 amide bonds. The van der Waals surface area contributed by atoms with Crippen molar-refractivity contribution in [1.29, 1.82) is 0 Å². The third-order valence-electron chi connectivity index (χ3n) is 3.60. The molecule has 1 aromatic carbocycles. The van der Waals surface area contributed by atoms with Crippen molar-refractivity contribution in [3.63, 3.8) is 0 Å². The number of aliphatic carboxylic acids is 1. The van der Waals surface area contributed by atoms with Crippen molar-refractivity contribution in [2.24, 2.45) is 5.73 Å². The van der Waals surface area contributed by atoms with E-state index in [9.17, 15) is 4.79 Å². The molecule has 0 bridgehead atoms. The summed E-state index contributed by atoms with van der Waals surface area (Å²) in [4.78, 5) is 11.1. The summed E-state index contributed by atoms with van der Waals surface area (Å²) in [5.41, 5.74) is 8.37. The Morgan fingerprint density at radius 3 is 2.28 bits per heavy atom. The molecular weight excluding hydrogens is 226 g/mol. The van der Waals surface area contributed by atoms with Gasteiger partial charge in [0.05, 0.1) is 0 Å². The summed E-state index contributed by atoms with van der Waals surface area (Å²) in [5, 5.41) is 9.15. The van der Waals surface area contributed by atoms with Crippen LogP contribution in [0, 0.1) is 13.8 Å². The van der Waals surface area contributed by atoms with Crippen LogP contribution >= 0.6 is 0 Å². The van der Waals surface area contributed by atoms with Crippen molar-refractivity contribution in [1.82, 2.24) is 0 Å². The molecule has 0 radical (unpaired) electrons. The predicted molar refractivity (Wildman–Crippen MR) is 73.8 cm³/mol. The van der Waals surface area contributed by atoms with Crippen molar-refractivity contribution >= 4 is 5.97 Å². The maximum atomic E-state index is 11.1. The van der Waals surface area contributed by atoms with E-state index in [2.05, 4.69) is 32.9 Å². The largest absolute Gasteiger partial charge is 0.480 e. The quantitative estimate of drug-likeness (QED) is 0.843. The van der Waals surface area contributed by atoms with E-state index in [0.717, 1.165) is 6.42 Å². The first-order valence-electron chi connectivity index (χ1n) is 6.38. The maximum absolute atomic E-state index is 11.1. The molecule has 0 aromatic heterocycles. The molecule has 3 nitrogen and oxygen atoms in total. The highest BCUT2D eigenvalue weighted by Gasteiger charge is 2.32. The fourth-order valence-electron chi connectivity index (χ4n) is 2.52. The summed E-state index contributed by atoms with van der Waals surface area (Å²) in [6.07, 6.45) is 1.36. The van der Waals surface area contributed by atoms with E-state index in [4.69, 9.17) is 10.8 Å². The molecule has 0 aliphatic rings. The smallest absolute Gasteiger partial charge is 0.323 e. The van der Waals surface area contributed by atoms with Gasteiger partial charge in [0.2, 0.25) is 0 Å². The Balaban J connectivity index is 3.08. The molecule has 0 spiro atoms. The van der Waals surface area contributed by atoms with E-state index in [-0.39, 0.29) is 5.92 Å². The molecule has 100 valence electrons. The number of hydrogen-bond donors (Lipinski definition) is 2. The van der Waals surface area contributed by atoms with Crippen LogP contribution < -0.4 is 5.73 Å². The number of hydrogen-bond acceptors (Lipinski definition) is 2. The van der Waals surface area contributed by atoms with Gasteiger partial charge in [-0.25, -0.2) is 0 Å². The Labute approximate surface area is 109 Å². The predicted octanol–water partition coefficient (Wildman–Crippen LogP) is 2.99. The van der Waals surface area contributed by atoms with E-state index in [1.165, 1.54) is 16.7 Å². The van der Waals surface area contributed by atoms with E-state index in [0.29, 0.717) is 6.42 Å². The van der Waals surface area contributed by atoms with Crippen molar-refractivity contribution in [2.45, 2.75) is 52.0 Å². The molecule has 0 fully saturated rings.